The van der Waals surface area contributed by atoms with E-state index < -0.39 is 36.4 Å². The third-order valence-electron chi connectivity index (χ3n) is 6.11. The maximum atomic E-state index is 13.2. The topological polar surface area (TPSA) is 151 Å². The molecule has 0 bridgehead atoms. The highest BCUT2D eigenvalue weighted by atomic mass is 32.1. The van der Waals surface area contributed by atoms with Crippen molar-refractivity contribution in [2.24, 2.45) is 11.8 Å². The normalized spacial score (nSPS) is 16.1. The second-order valence-electron chi connectivity index (χ2n) is 10.3. The molecule has 0 aromatic carbocycles. The van der Waals surface area contributed by atoms with E-state index in [0.29, 0.717) is 30.7 Å². The molecule has 2 rings (SSSR count). The summed E-state index contributed by atoms with van der Waals surface area (Å²) < 4.78 is 5.08. The van der Waals surface area contributed by atoms with E-state index in [9.17, 15) is 28.8 Å². The number of esters is 1. The maximum Gasteiger partial charge on any atom is 0.306 e. The van der Waals surface area contributed by atoms with Crippen molar-refractivity contribution in [3.05, 3.63) is 22.4 Å². The van der Waals surface area contributed by atoms with Crippen molar-refractivity contribution in [3.63, 3.8) is 0 Å². The fourth-order valence-electron chi connectivity index (χ4n) is 4.07. The van der Waals surface area contributed by atoms with Crippen LogP contribution >= 0.6 is 11.3 Å². The summed E-state index contributed by atoms with van der Waals surface area (Å²) >= 11 is 1.29. The maximum absolute atomic E-state index is 13.2. The number of hydrogen-bond donors (Lipinski definition) is 3. The van der Waals surface area contributed by atoms with Crippen LogP contribution in [0, 0.1) is 11.8 Å². The van der Waals surface area contributed by atoms with Crippen molar-refractivity contribution < 1.29 is 33.5 Å². The van der Waals surface area contributed by atoms with Gasteiger partial charge in [-0.15, -0.1) is 11.3 Å². The van der Waals surface area contributed by atoms with Crippen molar-refractivity contribution >= 4 is 46.6 Å². The van der Waals surface area contributed by atoms with Crippen LogP contribution in [0.2, 0.25) is 0 Å². The van der Waals surface area contributed by atoms with Gasteiger partial charge >= 0.3 is 5.97 Å². The van der Waals surface area contributed by atoms with Gasteiger partial charge in [0.05, 0.1) is 17.3 Å². The standard InChI is InChI=1S/C27H40N4O7S/c1-17(2)15-23(34)28-13-11-24(35)31-19(7-5-12-29-31)27(37)30-26(18(3)4)21(33)16-38-25(36)10-9-20(32)22-8-6-14-39-22/h6,8,14,17-19,26,29H,5,7,9-13,15-16H2,1-4H3,(H,28,34)(H,30,37)/t19-,26+/m0/s1. The predicted octanol–water partition coefficient (Wildman–Crippen LogP) is 2.01. The lowest BCUT2D eigenvalue weighted by atomic mass is 9.98. The first-order valence-electron chi connectivity index (χ1n) is 13.4. The summed E-state index contributed by atoms with van der Waals surface area (Å²) in [5, 5.41) is 8.49. The molecular weight excluding hydrogens is 524 g/mol. The minimum atomic E-state index is -0.924. The molecule has 11 nitrogen and oxygen atoms in total. The highest BCUT2D eigenvalue weighted by Gasteiger charge is 2.35. The van der Waals surface area contributed by atoms with E-state index in [1.807, 2.05) is 13.8 Å². The first-order valence-corrected chi connectivity index (χ1v) is 14.2. The van der Waals surface area contributed by atoms with E-state index in [4.69, 9.17) is 4.74 Å². The Bertz CT molecular complexity index is 1010. The Morgan fingerprint density at radius 1 is 1.10 bits per heavy atom. The molecule has 0 spiro atoms. The van der Waals surface area contributed by atoms with Gasteiger partial charge in [0.2, 0.25) is 17.7 Å². The molecule has 1 aliphatic heterocycles. The largest absolute Gasteiger partial charge is 0.458 e. The van der Waals surface area contributed by atoms with Crippen LogP contribution in [-0.4, -0.2) is 72.0 Å². The van der Waals surface area contributed by atoms with Crippen molar-refractivity contribution in [3.8, 4) is 0 Å². The fraction of sp³-hybridized carbons (Fsp3) is 0.630. The number of amides is 3. The average molecular weight is 565 g/mol. The summed E-state index contributed by atoms with van der Waals surface area (Å²) in [6.45, 7) is 7.53. The Morgan fingerprint density at radius 3 is 2.49 bits per heavy atom. The molecule has 216 valence electrons. The Labute approximate surface area is 233 Å². The molecule has 2 heterocycles. The van der Waals surface area contributed by atoms with Gasteiger partial charge in [-0.25, -0.2) is 5.43 Å². The number of ketones is 2. The van der Waals surface area contributed by atoms with Crippen LogP contribution in [0.3, 0.4) is 0 Å². The van der Waals surface area contributed by atoms with Crippen molar-refractivity contribution in [2.45, 2.75) is 78.3 Å². The van der Waals surface area contributed by atoms with Gasteiger partial charge in [-0.2, -0.15) is 0 Å². The zero-order valence-corrected chi connectivity index (χ0v) is 23.9. The van der Waals surface area contributed by atoms with Crippen LogP contribution in [0.15, 0.2) is 17.5 Å². The van der Waals surface area contributed by atoms with Crippen LogP contribution in [0.1, 0.15) is 75.9 Å². The quantitative estimate of drug-likeness (QED) is 0.216. The van der Waals surface area contributed by atoms with Gasteiger partial charge in [-0.1, -0.05) is 33.8 Å². The zero-order chi connectivity index (χ0) is 28.9. The number of hydrogen-bond acceptors (Lipinski definition) is 9. The highest BCUT2D eigenvalue weighted by molar-refractivity contribution is 7.12. The van der Waals surface area contributed by atoms with Crippen molar-refractivity contribution in [1.82, 2.24) is 21.1 Å². The molecule has 39 heavy (non-hydrogen) atoms. The van der Waals surface area contributed by atoms with Crippen molar-refractivity contribution in [1.29, 1.82) is 0 Å². The summed E-state index contributed by atoms with van der Waals surface area (Å²) in [6.07, 6.45) is 1.31. The number of carbonyl (C=O) groups is 6. The minimum Gasteiger partial charge on any atom is -0.458 e. The number of ether oxygens (including phenoxy) is 1. The van der Waals surface area contributed by atoms with Gasteiger partial charge in [0.15, 0.2) is 18.2 Å². The van der Waals surface area contributed by atoms with Gasteiger partial charge in [-0.3, -0.25) is 33.8 Å². The summed E-state index contributed by atoms with van der Waals surface area (Å²) in [4.78, 5) is 75.4. The fourth-order valence-corrected chi connectivity index (χ4v) is 4.77. The zero-order valence-electron chi connectivity index (χ0n) is 23.1. The van der Waals surface area contributed by atoms with Gasteiger partial charge in [-0.05, 0) is 36.1 Å². The van der Waals surface area contributed by atoms with Crippen LogP contribution in [0.5, 0.6) is 0 Å². The molecule has 1 aromatic heterocycles. The molecule has 0 unspecified atom stereocenters. The summed E-state index contributed by atoms with van der Waals surface area (Å²) in [7, 11) is 0. The lowest BCUT2D eigenvalue weighted by Crippen LogP contribution is -2.61. The highest BCUT2D eigenvalue weighted by Crippen LogP contribution is 2.15. The number of nitrogens with zero attached hydrogens (tertiary/aromatic N) is 1. The number of hydrazine groups is 1. The first kappa shape index (κ1) is 32.1. The average Bonchev–Trinajstić information content (AvgIpc) is 3.43. The number of rotatable bonds is 15. The van der Waals surface area contributed by atoms with E-state index in [-0.39, 0.29) is 55.2 Å². The van der Waals surface area contributed by atoms with E-state index >= 15 is 0 Å². The summed E-state index contributed by atoms with van der Waals surface area (Å²) in [5.74, 6) is -2.36. The second-order valence-corrected chi connectivity index (χ2v) is 11.2. The molecular formula is C27H40N4O7S. The monoisotopic (exact) mass is 564 g/mol. The second kappa shape index (κ2) is 16.1. The molecule has 3 amide bonds. The number of thiophene rings is 1. The third kappa shape index (κ3) is 10.9. The Kier molecular flexibility index (Phi) is 13.2. The van der Waals surface area contributed by atoms with E-state index in [0.717, 1.165) is 0 Å². The van der Waals surface area contributed by atoms with Gasteiger partial charge in [0, 0.05) is 32.4 Å². The minimum absolute atomic E-state index is 0.0160. The first-order chi connectivity index (χ1) is 18.5. The predicted molar refractivity (Wildman–Crippen MR) is 146 cm³/mol. The Morgan fingerprint density at radius 2 is 1.85 bits per heavy atom. The SMILES string of the molecule is CC(C)CC(=O)NCCC(=O)N1NCCC[C@H]1C(=O)N[C@@H](C(=O)COC(=O)CCC(=O)c1cccs1)C(C)C. The van der Waals surface area contributed by atoms with E-state index in [2.05, 4.69) is 16.1 Å². The molecule has 1 saturated heterocycles. The molecule has 1 aliphatic rings. The number of nitrogens with one attached hydrogen (secondary N) is 3. The molecule has 2 atom stereocenters. The molecule has 1 aromatic rings. The molecule has 3 N–H and O–H groups in total. The lowest BCUT2D eigenvalue weighted by molar-refractivity contribution is -0.150. The van der Waals surface area contributed by atoms with E-state index in [1.54, 1.807) is 31.4 Å². The molecule has 1 fully saturated rings. The van der Waals surface area contributed by atoms with Crippen LogP contribution in [0.4, 0.5) is 0 Å². The lowest BCUT2D eigenvalue weighted by Gasteiger charge is -2.36. The molecule has 0 saturated carbocycles. The van der Waals surface area contributed by atoms with Crippen LogP contribution in [0.25, 0.3) is 0 Å². The molecule has 0 radical (unpaired) electrons. The number of Topliss-reactive ketones (excluding diaryl/α,β-unsaturated/α-hetero) is 2. The van der Waals surface area contributed by atoms with E-state index in [1.165, 1.54) is 16.3 Å². The van der Waals surface area contributed by atoms with Crippen LogP contribution in [-0.2, 0) is 28.7 Å². The summed E-state index contributed by atoms with van der Waals surface area (Å²) in [5.41, 5.74) is 2.95. The smallest absolute Gasteiger partial charge is 0.306 e. The third-order valence-corrected chi connectivity index (χ3v) is 7.02. The van der Waals surface area contributed by atoms with Gasteiger partial charge in [0.25, 0.3) is 0 Å². The molecule has 0 aliphatic carbocycles. The van der Waals surface area contributed by atoms with Gasteiger partial charge in [0.1, 0.15) is 6.04 Å². The summed E-state index contributed by atoms with van der Waals surface area (Å²) in [6, 6.07) is 1.69. The Hall–Kier alpha value is -3.12. The van der Waals surface area contributed by atoms with Crippen molar-refractivity contribution in [2.75, 3.05) is 19.7 Å². The molecule has 12 heteroatoms. The van der Waals surface area contributed by atoms with Crippen LogP contribution < -0.4 is 16.1 Å². The number of carbonyl (C=O) groups excluding carboxylic acids is 6. The Balaban J connectivity index is 1.87. The van der Waals surface area contributed by atoms with Gasteiger partial charge < -0.3 is 15.4 Å².